The molecule has 28 heavy (non-hydrogen) atoms. The smallest absolute Gasteiger partial charge is 0.356 e. The fourth-order valence-corrected chi connectivity index (χ4v) is 4.42. The normalized spacial score (nSPS) is 20.4. The fourth-order valence-electron chi connectivity index (χ4n) is 4.42. The molecule has 0 N–H and O–H groups in total. The monoisotopic (exact) mass is 391 g/mol. The first-order chi connectivity index (χ1) is 13.3. The molecule has 1 atom stereocenters. The van der Waals surface area contributed by atoms with E-state index in [0.29, 0.717) is 5.82 Å². The van der Waals surface area contributed by atoms with Crippen molar-refractivity contribution in [3.05, 3.63) is 53.5 Å². The molecule has 0 amide bonds. The lowest BCUT2D eigenvalue weighted by atomic mass is 9.73. The van der Waals surface area contributed by atoms with Gasteiger partial charge in [-0.25, -0.2) is 9.97 Å². The number of hydrogen-bond acceptors (Lipinski definition) is 3. The van der Waals surface area contributed by atoms with Gasteiger partial charge in [0.05, 0.1) is 0 Å². The number of benzene rings is 1. The molecule has 0 bridgehead atoms. The molecule has 1 saturated heterocycles. The molecule has 3 rings (SSSR count). The van der Waals surface area contributed by atoms with E-state index in [-0.39, 0.29) is 11.0 Å². The zero-order valence-corrected chi connectivity index (χ0v) is 16.6. The number of halogens is 3. The number of anilines is 1. The van der Waals surface area contributed by atoms with E-state index in [9.17, 15) is 13.2 Å². The van der Waals surface area contributed by atoms with E-state index in [1.165, 1.54) is 12.5 Å². The van der Waals surface area contributed by atoms with Crippen molar-refractivity contribution in [2.75, 3.05) is 18.0 Å². The molecule has 1 aromatic heterocycles. The Morgan fingerprint density at radius 1 is 1.14 bits per heavy atom. The summed E-state index contributed by atoms with van der Waals surface area (Å²) in [6, 6.07) is 10.4. The van der Waals surface area contributed by atoms with Crippen molar-refractivity contribution < 1.29 is 13.2 Å². The summed E-state index contributed by atoms with van der Waals surface area (Å²) < 4.78 is 39.7. The summed E-state index contributed by atoms with van der Waals surface area (Å²) >= 11 is 0. The first kappa shape index (κ1) is 20.6. The first-order valence-electron chi connectivity index (χ1n) is 10.0. The SMILES string of the molecule is CCC1(CCCc2ccccc2)CCCN(c2ncnc(C(F)(F)F)c2C)C1. The van der Waals surface area contributed by atoms with E-state index in [0.717, 1.165) is 57.9 Å². The van der Waals surface area contributed by atoms with Gasteiger partial charge in [-0.2, -0.15) is 13.2 Å². The van der Waals surface area contributed by atoms with E-state index in [4.69, 9.17) is 0 Å². The van der Waals surface area contributed by atoms with Gasteiger partial charge < -0.3 is 4.90 Å². The van der Waals surface area contributed by atoms with Crippen LogP contribution in [0.15, 0.2) is 36.7 Å². The molecule has 1 unspecified atom stereocenters. The molecule has 2 heterocycles. The number of alkyl halides is 3. The average Bonchev–Trinajstić information content (AvgIpc) is 2.68. The number of rotatable bonds is 6. The van der Waals surface area contributed by atoms with Crippen LogP contribution in [0.3, 0.4) is 0 Å². The van der Waals surface area contributed by atoms with E-state index in [1.807, 2.05) is 11.0 Å². The summed E-state index contributed by atoms with van der Waals surface area (Å²) in [6.45, 7) is 5.18. The fraction of sp³-hybridized carbons (Fsp3) is 0.545. The van der Waals surface area contributed by atoms with Gasteiger partial charge >= 0.3 is 6.18 Å². The third-order valence-electron chi connectivity index (χ3n) is 6.05. The molecule has 1 fully saturated rings. The van der Waals surface area contributed by atoms with Gasteiger partial charge in [0.2, 0.25) is 0 Å². The van der Waals surface area contributed by atoms with Crippen LogP contribution in [0.2, 0.25) is 0 Å². The molecule has 1 aliphatic heterocycles. The quantitative estimate of drug-likeness (QED) is 0.621. The van der Waals surface area contributed by atoms with Crippen LogP contribution in [0.4, 0.5) is 19.0 Å². The highest BCUT2D eigenvalue weighted by atomic mass is 19.4. The topological polar surface area (TPSA) is 29.0 Å². The van der Waals surface area contributed by atoms with Crippen LogP contribution in [0.25, 0.3) is 0 Å². The predicted octanol–water partition coefficient (Wildman–Crippen LogP) is 5.82. The lowest BCUT2D eigenvalue weighted by Crippen LogP contribution is -2.44. The van der Waals surface area contributed by atoms with Gasteiger partial charge in [-0.05, 0) is 56.4 Å². The Kier molecular flexibility index (Phi) is 6.26. The zero-order chi connectivity index (χ0) is 20.2. The number of hydrogen-bond donors (Lipinski definition) is 0. The van der Waals surface area contributed by atoms with E-state index >= 15 is 0 Å². The van der Waals surface area contributed by atoms with Gasteiger partial charge in [-0.3, -0.25) is 0 Å². The highest BCUT2D eigenvalue weighted by Gasteiger charge is 2.38. The summed E-state index contributed by atoms with van der Waals surface area (Å²) in [5.74, 6) is 0.433. The predicted molar refractivity (Wildman–Crippen MR) is 105 cm³/mol. The Morgan fingerprint density at radius 3 is 2.57 bits per heavy atom. The minimum atomic E-state index is -4.45. The zero-order valence-electron chi connectivity index (χ0n) is 16.6. The van der Waals surface area contributed by atoms with Gasteiger partial charge in [0.15, 0.2) is 5.69 Å². The van der Waals surface area contributed by atoms with Gasteiger partial charge in [-0.15, -0.1) is 0 Å². The van der Waals surface area contributed by atoms with Crippen LogP contribution in [-0.4, -0.2) is 23.1 Å². The van der Waals surface area contributed by atoms with E-state index in [2.05, 4.69) is 41.2 Å². The summed E-state index contributed by atoms with van der Waals surface area (Å²) in [5, 5.41) is 0. The van der Waals surface area contributed by atoms with Crippen molar-refractivity contribution in [3.63, 3.8) is 0 Å². The molecule has 1 aromatic carbocycles. The first-order valence-corrected chi connectivity index (χ1v) is 10.0. The number of aromatic nitrogens is 2. The van der Waals surface area contributed by atoms with Crippen LogP contribution in [0, 0.1) is 12.3 Å². The third kappa shape index (κ3) is 4.65. The molecule has 6 heteroatoms. The third-order valence-corrected chi connectivity index (χ3v) is 6.05. The largest absolute Gasteiger partial charge is 0.433 e. The van der Waals surface area contributed by atoms with Gasteiger partial charge in [0.25, 0.3) is 0 Å². The lowest BCUT2D eigenvalue weighted by molar-refractivity contribution is -0.141. The molecule has 1 aliphatic rings. The van der Waals surface area contributed by atoms with Crippen LogP contribution in [0.1, 0.15) is 55.8 Å². The summed E-state index contributed by atoms with van der Waals surface area (Å²) in [4.78, 5) is 9.74. The molecule has 152 valence electrons. The Balaban J connectivity index is 1.73. The Morgan fingerprint density at radius 2 is 1.89 bits per heavy atom. The average molecular weight is 391 g/mol. The maximum Gasteiger partial charge on any atom is 0.433 e. The molecule has 2 aromatic rings. The minimum Gasteiger partial charge on any atom is -0.356 e. The number of nitrogens with zero attached hydrogens (tertiary/aromatic N) is 3. The Bertz CT molecular complexity index is 776. The standard InChI is InChI=1S/C22H28F3N3/c1-3-21(12-7-11-18-9-5-4-6-10-18)13-8-14-28(15-21)20-17(2)19(22(23,24)25)26-16-27-20/h4-6,9-10,16H,3,7-8,11-15H2,1-2H3. The van der Waals surface area contributed by atoms with Crippen LogP contribution in [0.5, 0.6) is 0 Å². The summed E-state index contributed by atoms with van der Waals surface area (Å²) in [5.41, 5.74) is 0.770. The molecular weight excluding hydrogens is 363 g/mol. The summed E-state index contributed by atoms with van der Waals surface area (Å²) in [7, 11) is 0. The van der Waals surface area contributed by atoms with E-state index < -0.39 is 11.9 Å². The van der Waals surface area contributed by atoms with E-state index in [1.54, 1.807) is 0 Å². The van der Waals surface area contributed by atoms with Crippen LogP contribution >= 0.6 is 0 Å². The van der Waals surface area contributed by atoms with Crippen molar-refractivity contribution >= 4 is 5.82 Å². The maximum absolute atomic E-state index is 13.2. The van der Waals surface area contributed by atoms with Crippen molar-refractivity contribution in [2.45, 2.75) is 58.5 Å². The summed E-state index contributed by atoms with van der Waals surface area (Å²) in [6.07, 6.45) is 2.90. The van der Waals surface area contributed by atoms with Gasteiger partial charge in [0.1, 0.15) is 12.1 Å². The molecular formula is C22H28F3N3. The van der Waals surface area contributed by atoms with Crippen LogP contribution in [-0.2, 0) is 12.6 Å². The minimum absolute atomic E-state index is 0.128. The van der Waals surface area contributed by atoms with Crippen molar-refractivity contribution in [1.29, 1.82) is 0 Å². The molecule has 0 spiro atoms. The second-order valence-corrected chi connectivity index (χ2v) is 7.89. The molecule has 0 aliphatic carbocycles. The second-order valence-electron chi connectivity index (χ2n) is 7.89. The molecule has 3 nitrogen and oxygen atoms in total. The van der Waals surface area contributed by atoms with Crippen molar-refractivity contribution in [3.8, 4) is 0 Å². The van der Waals surface area contributed by atoms with Crippen molar-refractivity contribution in [2.24, 2.45) is 5.41 Å². The van der Waals surface area contributed by atoms with Crippen molar-refractivity contribution in [1.82, 2.24) is 9.97 Å². The Hall–Kier alpha value is -2.11. The number of piperidine rings is 1. The molecule has 0 saturated carbocycles. The highest BCUT2D eigenvalue weighted by molar-refractivity contribution is 5.49. The second kappa shape index (κ2) is 8.50. The van der Waals surface area contributed by atoms with Gasteiger partial charge in [-0.1, -0.05) is 37.3 Å². The highest BCUT2D eigenvalue weighted by Crippen LogP contribution is 2.41. The number of aryl methyl sites for hydroxylation is 1. The maximum atomic E-state index is 13.2. The Labute approximate surface area is 165 Å². The van der Waals surface area contributed by atoms with Crippen LogP contribution < -0.4 is 4.90 Å². The molecule has 0 radical (unpaired) electrons. The lowest BCUT2D eigenvalue weighted by Gasteiger charge is -2.43. The van der Waals surface area contributed by atoms with Gasteiger partial charge in [0, 0.05) is 18.7 Å².